The van der Waals surface area contributed by atoms with Crippen molar-refractivity contribution in [2.24, 2.45) is 0 Å². The summed E-state index contributed by atoms with van der Waals surface area (Å²) in [5.74, 6) is 0. The van der Waals surface area contributed by atoms with Crippen molar-refractivity contribution >= 4 is 23.2 Å². The van der Waals surface area contributed by atoms with Crippen molar-refractivity contribution in [2.45, 2.75) is 10.8 Å². The summed E-state index contributed by atoms with van der Waals surface area (Å²) in [5.41, 5.74) is 4.30. The van der Waals surface area contributed by atoms with Crippen molar-refractivity contribution in [3.63, 3.8) is 0 Å². The van der Waals surface area contributed by atoms with Crippen molar-refractivity contribution in [1.29, 1.82) is 0 Å². The third-order valence-electron chi connectivity index (χ3n) is 3.68. The van der Waals surface area contributed by atoms with Crippen LogP contribution in [0.15, 0.2) is 84.9 Å². The van der Waals surface area contributed by atoms with Crippen LogP contribution in [-0.4, -0.2) is 0 Å². The van der Waals surface area contributed by atoms with Gasteiger partial charge in [0.1, 0.15) is 0 Å². The van der Waals surface area contributed by atoms with Crippen LogP contribution in [0.4, 0.5) is 0 Å². The third kappa shape index (κ3) is 3.35. The fourth-order valence-corrected chi connectivity index (χ4v) is 3.07. The van der Waals surface area contributed by atoms with Crippen LogP contribution in [0.2, 0.25) is 0 Å². The first-order valence-electron chi connectivity index (χ1n) is 7.23. The molecule has 0 bridgehead atoms. The molecule has 0 aliphatic carbocycles. The second kappa shape index (κ2) is 7.00. The second-order valence-electron chi connectivity index (χ2n) is 5.22. The highest BCUT2D eigenvalue weighted by Gasteiger charge is 2.14. The molecule has 22 heavy (non-hydrogen) atoms. The monoisotopic (exact) mass is 326 g/mol. The molecule has 0 spiro atoms. The zero-order chi connectivity index (χ0) is 15.4. The topological polar surface area (TPSA) is 0 Å². The van der Waals surface area contributed by atoms with Gasteiger partial charge in [-0.3, -0.25) is 0 Å². The van der Waals surface area contributed by atoms with Crippen molar-refractivity contribution in [3.8, 4) is 0 Å². The van der Waals surface area contributed by atoms with Gasteiger partial charge < -0.3 is 0 Å². The largest absolute Gasteiger partial charge is 0.113 e. The predicted molar refractivity (Wildman–Crippen MR) is 94.7 cm³/mol. The van der Waals surface area contributed by atoms with Gasteiger partial charge in [0.25, 0.3) is 0 Å². The third-order valence-corrected chi connectivity index (χ3v) is 4.69. The Labute approximate surface area is 141 Å². The molecule has 0 radical (unpaired) electrons. The minimum Gasteiger partial charge on any atom is -0.113 e. The summed E-state index contributed by atoms with van der Waals surface area (Å²) < 4.78 is 0. The molecule has 0 nitrogen and oxygen atoms in total. The normalized spacial score (nSPS) is 13.5. The molecule has 2 atom stereocenters. The molecule has 110 valence electrons. The Morgan fingerprint density at radius 2 is 0.818 bits per heavy atom. The molecule has 2 heteroatoms. The number of benzene rings is 3. The lowest BCUT2D eigenvalue weighted by Crippen LogP contribution is -1.97. The van der Waals surface area contributed by atoms with Gasteiger partial charge in [0.2, 0.25) is 0 Å². The molecule has 3 rings (SSSR count). The molecule has 0 fully saturated rings. The number of alkyl halides is 2. The Morgan fingerprint density at radius 3 is 1.23 bits per heavy atom. The zero-order valence-corrected chi connectivity index (χ0v) is 13.5. The molecule has 2 unspecified atom stereocenters. The fourth-order valence-electron chi connectivity index (χ4n) is 2.50. The van der Waals surface area contributed by atoms with Crippen molar-refractivity contribution < 1.29 is 0 Å². The van der Waals surface area contributed by atoms with Gasteiger partial charge in [-0.2, -0.15) is 0 Å². The van der Waals surface area contributed by atoms with Crippen LogP contribution in [-0.2, 0) is 0 Å². The van der Waals surface area contributed by atoms with Crippen LogP contribution >= 0.6 is 23.2 Å². The Bertz CT molecular complexity index is 662. The molecule has 0 saturated carbocycles. The summed E-state index contributed by atoms with van der Waals surface area (Å²) in [6.45, 7) is 0. The van der Waals surface area contributed by atoms with E-state index in [9.17, 15) is 0 Å². The highest BCUT2D eigenvalue weighted by atomic mass is 35.5. The number of hydrogen-bond acceptors (Lipinski definition) is 0. The van der Waals surface area contributed by atoms with E-state index >= 15 is 0 Å². The van der Waals surface area contributed by atoms with Gasteiger partial charge in [-0.15, -0.1) is 23.2 Å². The molecular weight excluding hydrogens is 311 g/mol. The van der Waals surface area contributed by atoms with Gasteiger partial charge >= 0.3 is 0 Å². The lowest BCUT2D eigenvalue weighted by atomic mass is 9.98. The van der Waals surface area contributed by atoms with Gasteiger partial charge in [0.15, 0.2) is 0 Å². The van der Waals surface area contributed by atoms with E-state index in [0.717, 1.165) is 22.3 Å². The van der Waals surface area contributed by atoms with Crippen LogP contribution < -0.4 is 0 Å². The Balaban J connectivity index is 1.90. The van der Waals surface area contributed by atoms with Crippen LogP contribution in [0.3, 0.4) is 0 Å². The lowest BCUT2D eigenvalue weighted by molar-refractivity contribution is 1.09. The minimum atomic E-state index is -0.166. The van der Waals surface area contributed by atoms with Crippen LogP contribution in [0.5, 0.6) is 0 Å². The highest BCUT2D eigenvalue weighted by Crippen LogP contribution is 2.33. The Hall–Kier alpha value is -1.76. The zero-order valence-electron chi connectivity index (χ0n) is 12.0. The van der Waals surface area contributed by atoms with E-state index in [1.54, 1.807) is 0 Å². The molecule has 0 N–H and O–H groups in total. The summed E-state index contributed by atoms with van der Waals surface area (Å²) in [5, 5.41) is -0.332. The number of rotatable bonds is 4. The highest BCUT2D eigenvalue weighted by molar-refractivity contribution is 6.23. The molecule has 0 amide bonds. The molecule has 3 aromatic carbocycles. The average molecular weight is 327 g/mol. The van der Waals surface area contributed by atoms with Gasteiger partial charge in [-0.05, 0) is 22.3 Å². The maximum atomic E-state index is 6.61. The smallest absolute Gasteiger partial charge is 0.0835 e. The van der Waals surface area contributed by atoms with E-state index in [2.05, 4.69) is 6.07 Å². The fraction of sp³-hybridized carbons (Fsp3) is 0.100. The molecule has 0 saturated heterocycles. The molecule has 3 aromatic rings. The van der Waals surface area contributed by atoms with E-state index in [1.807, 2.05) is 78.9 Å². The molecule has 0 heterocycles. The quantitative estimate of drug-likeness (QED) is 0.490. The molecule has 0 aliphatic heterocycles. The first-order chi connectivity index (χ1) is 10.8. The van der Waals surface area contributed by atoms with Crippen molar-refractivity contribution in [3.05, 3.63) is 107 Å². The summed E-state index contributed by atoms with van der Waals surface area (Å²) in [6.07, 6.45) is 0. The van der Waals surface area contributed by atoms with E-state index in [0.29, 0.717) is 0 Å². The molecule has 0 aromatic heterocycles. The van der Waals surface area contributed by atoms with Gasteiger partial charge in [-0.1, -0.05) is 84.9 Å². The van der Waals surface area contributed by atoms with Gasteiger partial charge in [-0.25, -0.2) is 0 Å². The first-order valence-corrected chi connectivity index (χ1v) is 8.11. The van der Waals surface area contributed by atoms with Gasteiger partial charge in [0.05, 0.1) is 10.8 Å². The minimum absolute atomic E-state index is 0.166. The van der Waals surface area contributed by atoms with Crippen LogP contribution in [0.25, 0.3) is 0 Å². The van der Waals surface area contributed by atoms with E-state index in [4.69, 9.17) is 23.2 Å². The first kappa shape index (κ1) is 15.1. The van der Waals surface area contributed by atoms with E-state index in [1.165, 1.54) is 0 Å². The Kier molecular flexibility index (Phi) is 4.82. The molecule has 0 aliphatic rings. The standard InChI is InChI=1S/C20H16Cl2/c21-19(15-8-3-1-4-9-15)17-12-7-13-18(14-17)20(22)16-10-5-2-6-11-16/h1-14,19-20H. The van der Waals surface area contributed by atoms with Crippen molar-refractivity contribution in [1.82, 2.24) is 0 Å². The van der Waals surface area contributed by atoms with E-state index < -0.39 is 0 Å². The van der Waals surface area contributed by atoms with Crippen LogP contribution in [0, 0.1) is 0 Å². The van der Waals surface area contributed by atoms with E-state index in [-0.39, 0.29) is 10.8 Å². The number of hydrogen-bond donors (Lipinski definition) is 0. The maximum absolute atomic E-state index is 6.61. The summed E-state index contributed by atoms with van der Waals surface area (Å²) >= 11 is 13.2. The van der Waals surface area contributed by atoms with Gasteiger partial charge in [0, 0.05) is 0 Å². The molecular formula is C20H16Cl2. The summed E-state index contributed by atoms with van der Waals surface area (Å²) in [7, 11) is 0. The van der Waals surface area contributed by atoms with Crippen molar-refractivity contribution in [2.75, 3.05) is 0 Å². The SMILES string of the molecule is ClC(c1ccccc1)c1cccc(C(Cl)c2ccccc2)c1. The maximum Gasteiger partial charge on any atom is 0.0835 e. The average Bonchev–Trinajstić information content (AvgIpc) is 2.62. The predicted octanol–water partition coefficient (Wildman–Crippen LogP) is 6.34. The summed E-state index contributed by atoms with van der Waals surface area (Å²) in [6, 6.07) is 28.4. The summed E-state index contributed by atoms with van der Waals surface area (Å²) in [4.78, 5) is 0. The number of halogens is 2. The lowest BCUT2D eigenvalue weighted by Gasteiger charge is -2.15. The van der Waals surface area contributed by atoms with Crippen LogP contribution in [0.1, 0.15) is 33.0 Å². The second-order valence-corrected chi connectivity index (χ2v) is 6.09. The Morgan fingerprint density at radius 1 is 0.455 bits per heavy atom.